The molecule has 0 radical (unpaired) electrons. The lowest BCUT2D eigenvalue weighted by molar-refractivity contribution is -0.120. The summed E-state index contributed by atoms with van der Waals surface area (Å²) in [6, 6.07) is 7.43. The zero-order valence-electron chi connectivity index (χ0n) is 13.1. The third kappa shape index (κ3) is 6.17. The van der Waals surface area contributed by atoms with Crippen molar-refractivity contribution in [2.24, 2.45) is 0 Å². The zero-order valence-corrected chi connectivity index (χ0v) is 14.7. The minimum atomic E-state index is -0.0254. The number of carbonyl (C=O) groups is 1. The van der Waals surface area contributed by atoms with Crippen LogP contribution >= 0.6 is 22.9 Å². The van der Waals surface area contributed by atoms with Gasteiger partial charge in [-0.3, -0.25) is 4.79 Å². The van der Waals surface area contributed by atoms with E-state index in [0.29, 0.717) is 18.2 Å². The number of nitrogens with one attached hydrogen (secondary N) is 2. The third-order valence-corrected chi connectivity index (χ3v) is 4.34. The smallest absolute Gasteiger partial charge is 0.226 e. The van der Waals surface area contributed by atoms with Gasteiger partial charge >= 0.3 is 0 Å². The normalized spacial score (nSPS) is 12.0. The van der Waals surface area contributed by atoms with Crippen LogP contribution in [0.1, 0.15) is 17.6 Å². The minimum absolute atomic E-state index is 0.0254. The summed E-state index contributed by atoms with van der Waals surface area (Å²) < 4.78 is 5.64. The molecule has 1 atom stereocenters. The van der Waals surface area contributed by atoms with Gasteiger partial charge in [0, 0.05) is 23.0 Å². The molecule has 0 spiro atoms. The van der Waals surface area contributed by atoms with E-state index in [9.17, 15) is 4.79 Å². The van der Waals surface area contributed by atoms with Crippen molar-refractivity contribution in [2.75, 3.05) is 13.6 Å². The Hall–Kier alpha value is -1.63. The molecule has 1 aromatic carbocycles. The van der Waals surface area contributed by atoms with Gasteiger partial charge in [-0.2, -0.15) is 0 Å². The Bertz CT molecular complexity index is 631. The molecule has 2 N–H and O–H groups in total. The summed E-state index contributed by atoms with van der Waals surface area (Å²) >= 11 is 7.32. The lowest BCUT2D eigenvalue weighted by Gasteiger charge is -2.10. The number of likely N-dealkylation sites (N-methyl/N-ethyl adjacent to an activating group) is 1. The highest BCUT2D eigenvalue weighted by Crippen LogP contribution is 2.18. The first-order chi connectivity index (χ1) is 11.1. The number of benzene rings is 1. The van der Waals surface area contributed by atoms with E-state index in [-0.39, 0.29) is 18.4 Å². The molecule has 124 valence electrons. The number of hydrogen-bond donors (Lipinski definition) is 2. The van der Waals surface area contributed by atoms with Gasteiger partial charge in [0.05, 0.1) is 12.1 Å². The summed E-state index contributed by atoms with van der Waals surface area (Å²) in [6.07, 6.45) is 0.286. The predicted octanol–water partition coefficient (Wildman–Crippen LogP) is 2.64. The predicted molar refractivity (Wildman–Crippen MR) is 93.1 cm³/mol. The molecule has 0 aliphatic heterocycles. The second kappa shape index (κ2) is 8.86. The maximum absolute atomic E-state index is 11.8. The van der Waals surface area contributed by atoms with Crippen molar-refractivity contribution in [3.8, 4) is 5.75 Å². The highest BCUT2D eigenvalue weighted by Gasteiger charge is 2.09. The van der Waals surface area contributed by atoms with Crippen LogP contribution in [-0.2, 0) is 17.8 Å². The highest BCUT2D eigenvalue weighted by molar-refractivity contribution is 7.09. The molecule has 0 fully saturated rings. The van der Waals surface area contributed by atoms with Gasteiger partial charge in [0.25, 0.3) is 0 Å². The largest absolute Gasteiger partial charge is 0.486 e. The molecule has 1 heterocycles. The summed E-state index contributed by atoms with van der Waals surface area (Å²) in [5.41, 5.74) is 0.763. The van der Waals surface area contributed by atoms with Gasteiger partial charge < -0.3 is 15.4 Å². The van der Waals surface area contributed by atoms with Gasteiger partial charge in [-0.1, -0.05) is 11.6 Å². The minimum Gasteiger partial charge on any atom is -0.486 e. The van der Waals surface area contributed by atoms with E-state index in [1.54, 1.807) is 12.1 Å². The first-order valence-corrected chi connectivity index (χ1v) is 8.58. The standard InChI is InChI=1S/C16H20ClN3O2S/c1-11(18-2)8-19-15(21)7-13-10-23-16(20-13)9-22-14-5-3-12(17)4-6-14/h3-6,10-11,18H,7-9H2,1-2H3,(H,19,21). The number of aromatic nitrogens is 1. The Labute approximate surface area is 145 Å². The number of ether oxygens (including phenoxy) is 1. The van der Waals surface area contributed by atoms with Crippen molar-refractivity contribution >= 4 is 28.8 Å². The van der Waals surface area contributed by atoms with Crippen LogP contribution in [0.3, 0.4) is 0 Å². The van der Waals surface area contributed by atoms with E-state index in [1.807, 2.05) is 31.5 Å². The molecular formula is C16H20ClN3O2S. The molecule has 0 aliphatic carbocycles. The quantitative estimate of drug-likeness (QED) is 0.765. The zero-order chi connectivity index (χ0) is 16.7. The van der Waals surface area contributed by atoms with Crippen LogP contribution in [0, 0.1) is 0 Å². The average molecular weight is 354 g/mol. The summed E-state index contributed by atoms with van der Waals surface area (Å²) in [5.74, 6) is 0.715. The molecule has 1 unspecified atom stereocenters. The topological polar surface area (TPSA) is 63.2 Å². The SMILES string of the molecule is CNC(C)CNC(=O)Cc1csc(COc2ccc(Cl)cc2)n1. The van der Waals surface area contributed by atoms with Gasteiger partial charge in [-0.25, -0.2) is 4.98 Å². The summed E-state index contributed by atoms with van der Waals surface area (Å²) in [4.78, 5) is 16.3. The Morgan fingerprint density at radius 3 is 2.83 bits per heavy atom. The average Bonchev–Trinajstić information content (AvgIpc) is 2.99. The number of halogens is 1. The van der Waals surface area contributed by atoms with Crippen molar-refractivity contribution in [3.05, 3.63) is 45.4 Å². The van der Waals surface area contributed by atoms with Crippen LogP contribution in [0.5, 0.6) is 5.75 Å². The second-order valence-corrected chi connectivity index (χ2v) is 6.52. The lowest BCUT2D eigenvalue weighted by Crippen LogP contribution is -2.37. The second-order valence-electron chi connectivity index (χ2n) is 5.15. The third-order valence-electron chi connectivity index (χ3n) is 3.22. The number of thiazole rings is 1. The monoisotopic (exact) mass is 353 g/mol. The molecule has 2 rings (SSSR count). The number of nitrogens with zero attached hydrogens (tertiary/aromatic N) is 1. The van der Waals surface area contributed by atoms with Crippen LogP contribution in [0.2, 0.25) is 5.02 Å². The fourth-order valence-electron chi connectivity index (χ4n) is 1.77. The van der Waals surface area contributed by atoms with E-state index < -0.39 is 0 Å². The van der Waals surface area contributed by atoms with Crippen molar-refractivity contribution in [1.29, 1.82) is 0 Å². The fraction of sp³-hybridized carbons (Fsp3) is 0.375. The highest BCUT2D eigenvalue weighted by atomic mass is 35.5. The van der Waals surface area contributed by atoms with E-state index in [1.165, 1.54) is 11.3 Å². The molecule has 5 nitrogen and oxygen atoms in total. The molecule has 2 aromatic rings. The van der Waals surface area contributed by atoms with E-state index in [2.05, 4.69) is 15.6 Å². The summed E-state index contributed by atoms with van der Waals surface area (Å²) in [6.45, 7) is 2.99. The molecule has 1 amide bonds. The van der Waals surface area contributed by atoms with Crippen molar-refractivity contribution in [1.82, 2.24) is 15.6 Å². The van der Waals surface area contributed by atoms with Gasteiger partial charge in [-0.15, -0.1) is 11.3 Å². The van der Waals surface area contributed by atoms with Crippen molar-refractivity contribution in [3.63, 3.8) is 0 Å². The van der Waals surface area contributed by atoms with Crippen LogP contribution in [0.25, 0.3) is 0 Å². The van der Waals surface area contributed by atoms with E-state index in [0.717, 1.165) is 16.5 Å². The Morgan fingerprint density at radius 2 is 2.13 bits per heavy atom. The maximum Gasteiger partial charge on any atom is 0.226 e. The van der Waals surface area contributed by atoms with Gasteiger partial charge in [0.1, 0.15) is 17.4 Å². The molecule has 7 heteroatoms. The number of rotatable bonds is 8. The fourth-order valence-corrected chi connectivity index (χ4v) is 2.60. The van der Waals surface area contributed by atoms with Gasteiger partial charge in [-0.05, 0) is 38.2 Å². The Morgan fingerprint density at radius 1 is 1.39 bits per heavy atom. The maximum atomic E-state index is 11.8. The molecule has 1 aromatic heterocycles. The van der Waals surface area contributed by atoms with Gasteiger partial charge in [0.2, 0.25) is 5.91 Å². The lowest BCUT2D eigenvalue weighted by atomic mass is 10.3. The number of amides is 1. The Balaban J connectivity index is 1.78. The Kier molecular flexibility index (Phi) is 6.83. The first-order valence-electron chi connectivity index (χ1n) is 7.32. The van der Waals surface area contributed by atoms with Crippen LogP contribution in [0.4, 0.5) is 0 Å². The van der Waals surface area contributed by atoms with Gasteiger partial charge in [0.15, 0.2) is 0 Å². The number of hydrogen-bond acceptors (Lipinski definition) is 5. The summed E-state index contributed by atoms with van der Waals surface area (Å²) in [5, 5.41) is 9.35. The van der Waals surface area contributed by atoms with Crippen LogP contribution in [0.15, 0.2) is 29.6 Å². The first kappa shape index (κ1) is 17.7. The van der Waals surface area contributed by atoms with Crippen LogP contribution in [-0.4, -0.2) is 30.5 Å². The molecule has 0 saturated carbocycles. The van der Waals surface area contributed by atoms with E-state index >= 15 is 0 Å². The summed E-state index contributed by atoms with van der Waals surface area (Å²) in [7, 11) is 1.87. The molecule has 0 aliphatic rings. The van der Waals surface area contributed by atoms with E-state index in [4.69, 9.17) is 16.3 Å². The van der Waals surface area contributed by atoms with Crippen LogP contribution < -0.4 is 15.4 Å². The molecule has 0 bridgehead atoms. The van der Waals surface area contributed by atoms with Crippen molar-refractivity contribution < 1.29 is 9.53 Å². The molecule has 23 heavy (non-hydrogen) atoms. The van der Waals surface area contributed by atoms with Crippen molar-refractivity contribution in [2.45, 2.75) is 26.0 Å². The molecular weight excluding hydrogens is 334 g/mol. The molecule has 0 saturated heterocycles. The number of carbonyl (C=O) groups excluding carboxylic acids is 1.